The van der Waals surface area contributed by atoms with Crippen LogP contribution in [0.3, 0.4) is 0 Å². The molecule has 6 heteroatoms. The van der Waals surface area contributed by atoms with Gasteiger partial charge in [0.25, 0.3) is 5.56 Å². The monoisotopic (exact) mass is 313 g/mol. The lowest BCUT2D eigenvalue weighted by Gasteiger charge is -2.27. The molecule has 1 aliphatic heterocycles. The van der Waals surface area contributed by atoms with Crippen molar-refractivity contribution in [3.63, 3.8) is 0 Å². The summed E-state index contributed by atoms with van der Waals surface area (Å²) in [6, 6.07) is 11.9. The minimum absolute atomic E-state index is 0.102. The molecular weight excluding hydrogens is 294 g/mol. The molecule has 0 spiro atoms. The Morgan fingerprint density at radius 1 is 1.22 bits per heavy atom. The van der Waals surface area contributed by atoms with Crippen LogP contribution in [0.4, 0.5) is 5.69 Å². The van der Waals surface area contributed by atoms with E-state index in [1.54, 1.807) is 42.6 Å². The van der Waals surface area contributed by atoms with E-state index in [1.165, 1.54) is 10.6 Å². The summed E-state index contributed by atoms with van der Waals surface area (Å²) in [5.74, 6) is -0.470. The summed E-state index contributed by atoms with van der Waals surface area (Å²) in [4.78, 5) is 24.1. The van der Waals surface area contributed by atoms with Crippen molar-refractivity contribution < 1.29 is 9.53 Å². The molecule has 0 saturated carbocycles. The van der Waals surface area contributed by atoms with Gasteiger partial charge in [-0.3, -0.25) is 14.2 Å². The number of nitrogens with zero attached hydrogens (tertiary/aromatic N) is 1. The number of hydrogen-bond donors (Lipinski definition) is 2. The minimum atomic E-state index is -0.333. The first-order valence-corrected chi connectivity index (χ1v) is 7.57. The summed E-state index contributed by atoms with van der Waals surface area (Å²) in [5, 5.41) is 2.85. The van der Waals surface area contributed by atoms with Crippen molar-refractivity contribution in [1.29, 1.82) is 0 Å². The van der Waals surface area contributed by atoms with Gasteiger partial charge in [0, 0.05) is 36.3 Å². The average Bonchev–Trinajstić information content (AvgIpc) is 2.56. The number of ether oxygens (including phenoxy) is 1. The lowest BCUT2D eigenvalue weighted by molar-refractivity contribution is -0.124. The van der Waals surface area contributed by atoms with Gasteiger partial charge in [0.2, 0.25) is 5.91 Å². The number of amides is 1. The second kappa shape index (κ2) is 6.76. The fourth-order valence-electron chi connectivity index (χ4n) is 2.61. The number of pyridine rings is 1. The largest absolute Gasteiger partial charge is 0.381 e. The molecule has 0 aliphatic carbocycles. The highest BCUT2D eigenvalue weighted by Crippen LogP contribution is 2.17. The van der Waals surface area contributed by atoms with Gasteiger partial charge in [0.15, 0.2) is 0 Å². The van der Waals surface area contributed by atoms with Gasteiger partial charge >= 0.3 is 0 Å². The Morgan fingerprint density at radius 3 is 2.70 bits per heavy atom. The summed E-state index contributed by atoms with van der Waals surface area (Å²) in [6.45, 7) is 0.954. The third-order valence-electron chi connectivity index (χ3n) is 3.98. The van der Waals surface area contributed by atoms with E-state index in [0.29, 0.717) is 25.3 Å². The molecule has 23 heavy (non-hydrogen) atoms. The van der Waals surface area contributed by atoms with E-state index in [1.807, 2.05) is 0 Å². The maximum absolute atomic E-state index is 12.3. The molecule has 0 bridgehead atoms. The van der Waals surface area contributed by atoms with Gasteiger partial charge in [-0.1, -0.05) is 6.07 Å². The summed E-state index contributed by atoms with van der Waals surface area (Å²) in [7, 11) is 0. The van der Waals surface area contributed by atoms with Crippen molar-refractivity contribution in [1.82, 2.24) is 4.57 Å². The molecule has 2 aromatic rings. The number of nitrogens with one attached hydrogen (secondary N) is 1. The zero-order valence-electron chi connectivity index (χ0n) is 12.6. The van der Waals surface area contributed by atoms with Crippen molar-refractivity contribution in [2.75, 3.05) is 18.5 Å². The molecule has 1 fully saturated rings. The highest BCUT2D eigenvalue weighted by molar-refractivity contribution is 5.93. The van der Waals surface area contributed by atoms with Crippen molar-refractivity contribution in [2.24, 2.45) is 11.7 Å². The average molecular weight is 313 g/mol. The van der Waals surface area contributed by atoms with Crippen LogP contribution in [-0.4, -0.2) is 29.7 Å². The second-order valence-corrected chi connectivity index (χ2v) is 5.58. The molecule has 1 amide bonds. The predicted molar refractivity (Wildman–Crippen MR) is 87.6 cm³/mol. The van der Waals surface area contributed by atoms with Crippen molar-refractivity contribution in [3.8, 4) is 5.69 Å². The predicted octanol–water partition coefficient (Wildman–Crippen LogP) is 1.14. The molecule has 3 rings (SSSR count). The molecule has 0 radical (unpaired) electrons. The third-order valence-corrected chi connectivity index (χ3v) is 3.98. The third kappa shape index (κ3) is 3.49. The summed E-state index contributed by atoms with van der Waals surface area (Å²) in [5.41, 5.74) is 7.28. The Kier molecular flexibility index (Phi) is 4.55. The van der Waals surface area contributed by atoms with Crippen LogP contribution in [-0.2, 0) is 9.53 Å². The Labute approximate surface area is 133 Å². The van der Waals surface area contributed by atoms with Crippen LogP contribution in [0.1, 0.15) is 6.42 Å². The zero-order valence-corrected chi connectivity index (χ0v) is 12.6. The summed E-state index contributed by atoms with van der Waals surface area (Å²) < 4.78 is 6.86. The smallest absolute Gasteiger partial charge is 0.255 e. The lowest BCUT2D eigenvalue weighted by atomic mass is 9.96. The fraction of sp³-hybridized carbons (Fsp3) is 0.294. The van der Waals surface area contributed by atoms with Crippen LogP contribution < -0.4 is 16.6 Å². The molecule has 3 N–H and O–H groups in total. The number of carbonyl (C=O) groups excluding carboxylic acids is 1. The molecule has 6 nitrogen and oxygen atoms in total. The van der Waals surface area contributed by atoms with Gasteiger partial charge in [0.05, 0.1) is 12.5 Å². The van der Waals surface area contributed by atoms with E-state index in [2.05, 4.69) is 5.32 Å². The SMILES string of the molecule is NC1CCOCC1C(=O)Nc1ccc(-n2ccccc2=O)cc1. The second-order valence-electron chi connectivity index (χ2n) is 5.58. The summed E-state index contributed by atoms with van der Waals surface area (Å²) in [6.07, 6.45) is 2.39. The molecule has 2 heterocycles. The number of anilines is 1. The molecule has 2 atom stereocenters. The van der Waals surface area contributed by atoms with Gasteiger partial charge in [-0.05, 0) is 36.8 Å². The highest BCUT2D eigenvalue weighted by Gasteiger charge is 2.29. The summed E-state index contributed by atoms with van der Waals surface area (Å²) >= 11 is 0. The molecular formula is C17H19N3O3. The number of rotatable bonds is 3. The standard InChI is InChI=1S/C17H19N3O3/c18-15-8-10-23-11-14(15)17(22)19-12-4-6-13(7-5-12)20-9-2-1-3-16(20)21/h1-7,9,14-15H,8,10-11,18H2,(H,19,22). The maximum atomic E-state index is 12.3. The van der Waals surface area contributed by atoms with Crippen molar-refractivity contribution in [2.45, 2.75) is 12.5 Å². The molecule has 1 saturated heterocycles. The van der Waals surface area contributed by atoms with Crippen molar-refractivity contribution in [3.05, 3.63) is 59.0 Å². The fourth-order valence-corrected chi connectivity index (χ4v) is 2.61. The lowest BCUT2D eigenvalue weighted by Crippen LogP contribution is -2.45. The van der Waals surface area contributed by atoms with Crippen LogP contribution in [0.15, 0.2) is 53.5 Å². The normalized spacial score (nSPS) is 20.9. The van der Waals surface area contributed by atoms with E-state index in [9.17, 15) is 9.59 Å². The van der Waals surface area contributed by atoms with Gasteiger partial charge in [-0.25, -0.2) is 0 Å². The van der Waals surface area contributed by atoms with Crippen LogP contribution in [0, 0.1) is 5.92 Å². The Morgan fingerprint density at radius 2 is 2.00 bits per heavy atom. The number of benzene rings is 1. The van der Waals surface area contributed by atoms with Crippen LogP contribution in [0.25, 0.3) is 5.69 Å². The number of carbonyl (C=O) groups is 1. The van der Waals surface area contributed by atoms with Crippen molar-refractivity contribution >= 4 is 11.6 Å². The first-order valence-electron chi connectivity index (χ1n) is 7.57. The quantitative estimate of drug-likeness (QED) is 0.889. The maximum Gasteiger partial charge on any atom is 0.255 e. The number of aromatic nitrogens is 1. The van der Waals surface area contributed by atoms with E-state index in [0.717, 1.165) is 5.69 Å². The first kappa shape index (κ1) is 15.5. The molecule has 1 aromatic heterocycles. The highest BCUT2D eigenvalue weighted by atomic mass is 16.5. The van der Waals surface area contributed by atoms with Gasteiger partial charge in [0.1, 0.15) is 0 Å². The number of hydrogen-bond acceptors (Lipinski definition) is 4. The van der Waals surface area contributed by atoms with E-state index in [-0.39, 0.29) is 23.4 Å². The number of nitrogens with two attached hydrogens (primary N) is 1. The van der Waals surface area contributed by atoms with E-state index in [4.69, 9.17) is 10.5 Å². The molecule has 1 aliphatic rings. The Hall–Kier alpha value is -2.44. The molecule has 120 valence electrons. The van der Waals surface area contributed by atoms with E-state index < -0.39 is 0 Å². The van der Waals surface area contributed by atoms with Gasteiger partial charge in [-0.15, -0.1) is 0 Å². The van der Waals surface area contributed by atoms with Crippen LogP contribution in [0.2, 0.25) is 0 Å². The van der Waals surface area contributed by atoms with Crippen LogP contribution in [0.5, 0.6) is 0 Å². The Balaban J connectivity index is 1.71. The minimum Gasteiger partial charge on any atom is -0.381 e. The Bertz CT molecular complexity index is 739. The van der Waals surface area contributed by atoms with Gasteiger partial charge in [-0.2, -0.15) is 0 Å². The van der Waals surface area contributed by atoms with Gasteiger partial charge < -0.3 is 15.8 Å². The molecule has 2 unspecified atom stereocenters. The zero-order chi connectivity index (χ0) is 16.2. The van der Waals surface area contributed by atoms with E-state index >= 15 is 0 Å². The van der Waals surface area contributed by atoms with Crippen LogP contribution >= 0.6 is 0 Å². The molecule has 1 aromatic carbocycles. The topological polar surface area (TPSA) is 86.3 Å². The first-order chi connectivity index (χ1) is 11.1.